The maximum Gasteiger partial charge on any atom is 0.345 e. The van der Waals surface area contributed by atoms with E-state index in [-0.39, 0.29) is 22.3 Å². The molecule has 0 bridgehead atoms. The molecule has 0 aliphatic rings. The third kappa shape index (κ3) is 4.23. The monoisotopic (exact) mass is 449 g/mol. The summed E-state index contributed by atoms with van der Waals surface area (Å²) >= 11 is 0. The number of aromatic nitrogens is 1. The highest BCUT2D eigenvalue weighted by Gasteiger charge is 2.20. The number of fused-ring (bicyclic) bond motifs is 1. The van der Waals surface area contributed by atoms with Crippen LogP contribution in [0.4, 0.5) is 4.39 Å². The van der Waals surface area contributed by atoms with Gasteiger partial charge >= 0.3 is 5.97 Å². The van der Waals surface area contributed by atoms with Crippen LogP contribution in [0.25, 0.3) is 16.5 Å². The second kappa shape index (κ2) is 9.04. The first-order valence-electron chi connectivity index (χ1n) is 9.88. The summed E-state index contributed by atoms with van der Waals surface area (Å²) in [5.41, 5.74) is 0.223. The number of hydrogen-bond acceptors (Lipinski definition) is 6. The molecule has 8 heteroatoms. The molecule has 0 spiro atoms. The molecule has 168 valence electrons. The van der Waals surface area contributed by atoms with Gasteiger partial charge in [-0.2, -0.15) is 0 Å². The van der Waals surface area contributed by atoms with E-state index >= 15 is 0 Å². The van der Waals surface area contributed by atoms with Gasteiger partial charge in [-0.15, -0.1) is 0 Å². The number of pyridine rings is 1. The Morgan fingerprint density at radius 2 is 1.48 bits per heavy atom. The number of nitrogens with zero attached hydrogens (tertiary/aromatic N) is 1. The van der Waals surface area contributed by atoms with Crippen molar-refractivity contribution in [2.24, 2.45) is 0 Å². The van der Waals surface area contributed by atoms with Crippen LogP contribution in [0.2, 0.25) is 0 Å². The highest BCUT2D eigenvalue weighted by Crippen LogP contribution is 2.33. The van der Waals surface area contributed by atoms with Gasteiger partial charge in [0.15, 0.2) is 11.5 Å². The topological polar surface area (TPSA) is 76.0 Å². The molecule has 33 heavy (non-hydrogen) atoms. The van der Waals surface area contributed by atoms with Crippen LogP contribution in [0.1, 0.15) is 10.4 Å². The van der Waals surface area contributed by atoms with Gasteiger partial charge in [0.2, 0.25) is 0 Å². The Kier molecular flexibility index (Phi) is 5.99. The van der Waals surface area contributed by atoms with Crippen LogP contribution in [0, 0.1) is 5.82 Å². The zero-order chi connectivity index (χ0) is 23.5. The van der Waals surface area contributed by atoms with Crippen molar-refractivity contribution in [2.45, 2.75) is 0 Å². The summed E-state index contributed by atoms with van der Waals surface area (Å²) in [5.74, 6) is 0.0193. The van der Waals surface area contributed by atoms with Crippen molar-refractivity contribution >= 4 is 16.7 Å². The second-order valence-electron chi connectivity index (χ2n) is 7.02. The fourth-order valence-electron chi connectivity index (χ4n) is 3.46. The first-order chi connectivity index (χ1) is 15.9. The second-order valence-corrected chi connectivity index (χ2v) is 7.02. The van der Waals surface area contributed by atoms with Crippen molar-refractivity contribution in [3.05, 3.63) is 88.6 Å². The summed E-state index contributed by atoms with van der Waals surface area (Å²) in [6.45, 7) is 0. The molecule has 3 aromatic carbocycles. The maximum absolute atomic E-state index is 13.6. The predicted octanol–water partition coefficient (Wildman–Crippen LogP) is 4.37. The van der Waals surface area contributed by atoms with Gasteiger partial charge in [0, 0.05) is 23.3 Å². The molecule has 0 amide bonds. The molecule has 0 radical (unpaired) electrons. The summed E-state index contributed by atoms with van der Waals surface area (Å²) in [7, 11) is 4.44. The number of esters is 1. The van der Waals surface area contributed by atoms with Gasteiger partial charge in [-0.05, 0) is 48.5 Å². The van der Waals surface area contributed by atoms with Crippen LogP contribution in [0.5, 0.6) is 23.0 Å². The van der Waals surface area contributed by atoms with Crippen LogP contribution in [-0.2, 0) is 0 Å². The Hall–Kier alpha value is -4.33. The third-order valence-corrected chi connectivity index (χ3v) is 5.10. The van der Waals surface area contributed by atoms with Crippen molar-refractivity contribution in [2.75, 3.05) is 21.3 Å². The fourth-order valence-corrected chi connectivity index (χ4v) is 3.46. The van der Waals surface area contributed by atoms with Crippen molar-refractivity contribution in [3.63, 3.8) is 0 Å². The van der Waals surface area contributed by atoms with Crippen molar-refractivity contribution in [1.29, 1.82) is 0 Å². The van der Waals surface area contributed by atoms with E-state index in [2.05, 4.69) is 0 Å². The highest BCUT2D eigenvalue weighted by molar-refractivity contribution is 6.05. The molecule has 0 aliphatic carbocycles. The molecule has 0 saturated heterocycles. The average molecular weight is 449 g/mol. The van der Waals surface area contributed by atoms with Crippen molar-refractivity contribution in [1.82, 2.24) is 4.57 Å². The van der Waals surface area contributed by atoms with E-state index in [0.717, 1.165) is 6.07 Å². The Morgan fingerprint density at radius 1 is 0.818 bits per heavy atom. The largest absolute Gasteiger partial charge is 0.497 e. The van der Waals surface area contributed by atoms with Crippen LogP contribution >= 0.6 is 0 Å². The summed E-state index contributed by atoms with van der Waals surface area (Å²) in [5, 5.41) is 0.529. The van der Waals surface area contributed by atoms with Gasteiger partial charge in [-0.25, -0.2) is 9.18 Å². The van der Waals surface area contributed by atoms with Gasteiger partial charge < -0.3 is 18.9 Å². The van der Waals surface area contributed by atoms with E-state index in [1.54, 1.807) is 24.3 Å². The first-order valence-corrected chi connectivity index (χ1v) is 9.88. The number of ether oxygens (including phenoxy) is 4. The third-order valence-electron chi connectivity index (χ3n) is 5.10. The van der Waals surface area contributed by atoms with Gasteiger partial charge in [0.25, 0.3) is 5.56 Å². The predicted molar refractivity (Wildman–Crippen MR) is 121 cm³/mol. The summed E-state index contributed by atoms with van der Waals surface area (Å²) in [6.07, 6.45) is 1.39. The lowest BCUT2D eigenvalue weighted by Gasteiger charge is -2.15. The average Bonchev–Trinajstić information content (AvgIpc) is 2.83. The zero-order valence-electron chi connectivity index (χ0n) is 18.1. The minimum atomic E-state index is -0.764. The first kappa shape index (κ1) is 21.9. The minimum Gasteiger partial charge on any atom is -0.497 e. The lowest BCUT2D eigenvalue weighted by atomic mass is 10.1. The van der Waals surface area contributed by atoms with Crippen LogP contribution in [0.15, 0.2) is 71.7 Å². The normalized spacial score (nSPS) is 10.7. The number of carbonyl (C=O) groups is 1. The molecule has 1 heterocycles. The summed E-state index contributed by atoms with van der Waals surface area (Å²) < 4.78 is 36.2. The van der Waals surface area contributed by atoms with E-state index < -0.39 is 11.8 Å². The van der Waals surface area contributed by atoms with Crippen LogP contribution < -0.4 is 24.5 Å². The quantitative estimate of drug-likeness (QED) is 0.321. The molecule has 7 nitrogen and oxygen atoms in total. The van der Waals surface area contributed by atoms with E-state index in [4.69, 9.17) is 18.9 Å². The van der Waals surface area contributed by atoms with E-state index in [1.165, 1.54) is 62.4 Å². The SMILES string of the molecule is COc1ccc(-n2cc(C(=O)Oc3cccc(F)c3)c3cc(OC)c(OC)cc3c2=O)cc1. The molecular formula is C25H20FNO6. The number of rotatable bonds is 6. The smallest absolute Gasteiger partial charge is 0.345 e. The number of halogens is 1. The Labute approximate surface area is 188 Å². The lowest BCUT2D eigenvalue weighted by molar-refractivity contribution is 0.0735. The van der Waals surface area contributed by atoms with Gasteiger partial charge in [-0.1, -0.05) is 6.07 Å². The molecule has 0 fully saturated rings. The van der Waals surface area contributed by atoms with Gasteiger partial charge in [0.1, 0.15) is 17.3 Å². The molecular weight excluding hydrogens is 429 g/mol. The molecule has 4 aromatic rings. The number of benzene rings is 3. The highest BCUT2D eigenvalue weighted by atomic mass is 19.1. The minimum absolute atomic E-state index is 0.0378. The maximum atomic E-state index is 13.6. The molecule has 0 unspecified atom stereocenters. The molecule has 0 aliphatic heterocycles. The Morgan fingerprint density at radius 3 is 2.09 bits per heavy atom. The Balaban J connectivity index is 1.94. The summed E-state index contributed by atoms with van der Waals surface area (Å²) in [4.78, 5) is 26.5. The van der Waals surface area contributed by atoms with E-state index in [0.29, 0.717) is 28.3 Å². The fraction of sp³-hybridized carbons (Fsp3) is 0.120. The summed E-state index contributed by atoms with van der Waals surface area (Å²) in [6, 6.07) is 15.1. The van der Waals surface area contributed by atoms with Gasteiger partial charge in [0.05, 0.1) is 32.3 Å². The lowest BCUT2D eigenvalue weighted by Crippen LogP contribution is -2.22. The molecule has 1 aromatic heterocycles. The molecule has 0 N–H and O–H groups in total. The Bertz CT molecular complexity index is 1390. The molecule has 0 saturated carbocycles. The molecule has 0 atom stereocenters. The number of methoxy groups -OCH3 is 3. The van der Waals surface area contributed by atoms with Crippen molar-refractivity contribution in [3.8, 4) is 28.7 Å². The standard InChI is InChI=1S/C25H20FNO6/c1-30-17-9-7-16(8-10-17)27-14-21(25(29)33-18-6-4-5-15(26)11-18)19-12-22(31-2)23(32-3)13-20(19)24(27)28/h4-14H,1-3H3. The van der Waals surface area contributed by atoms with Crippen LogP contribution in [0.3, 0.4) is 0 Å². The molecule has 4 rings (SSSR count). The van der Waals surface area contributed by atoms with Crippen molar-refractivity contribution < 1.29 is 28.1 Å². The number of hydrogen-bond donors (Lipinski definition) is 0. The van der Waals surface area contributed by atoms with Gasteiger partial charge in [-0.3, -0.25) is 9.36 Å². The number of carbonyl (C=O) groups excluding carboxylic acids is 1. The van der Waals surface area contributed by atoms with Crippen LogP contribution in [-0.4, -0.2) is 31.9 Å². The zero-order valence-corrected chi connectivity index (χ0v) is 18.1. The van der Waals surface area contributed by atoms with E-state index in [1.807, 2.05) is 0 Å². The van der Waals surface area contributed by atoms with E-state index in [9.17, 15) is 14.0 Å².